The Bertz CT molecular complexity index is 1220. The van der Waals surface area contributed by atoms with E-state index < -0.39 is 0 Å². The molecule has 2 aliphatic heterocycles. The van der Waals surface area contributed by atoms with Crippen molar-refractivity contribution in [3.05, 3.63) is 59.9 Å². The Labute approximate surface area is 224 Å². The molecule has 0 saturated carbocycles. The predicted octanol–water partition coefficient (Wildman–Crippen LogP) is 3.36. The Kier molecular flexibility index (Phi) is 8.34. The number of rotatable bonds is 7. The second kappa shape index (κ2) is 12.0. The molecule has 2 fully saturated rings. The summed E-state index contributed by atoms with van der Waals surface area (Å²) in [5.41, 5.74) is 1.68. The molecule has 194 valence electrons. The van der Waals surface area contributed by atoms with Crippen molar-refractivity contribution in [1.29, 1.82) is 0 Å². The van der Waals surface area contributed by atoms with Crippen LogP contribution in [0.5, 0.6) is 0 Å². The van der Waals surface area contributed by atoms with E-state index >= 15 is 0 Å². The van der Waals surface area contributed by atoms with E-state index in [-0.39, 0.29) is 11.8 Å². The minimum atomic E-state index is 0.0425. The Morgan fingerprint density at radius 1 is 1.03 bits per heavy atom. The zero-order chi connectivity index (χ0) is 25.6. The van der Waals surface area contributed by atoms with Gasteiger partial charge in [-0.15, -0.1) is 0 Å². The van der Waals surface area contributed by atoms with Crippen LogP contribution in [0.25, 0.3) is 0 Å². The monoisotopic (exact) mass is 538 g/mol. The molecule has 3 aromatic rings. The van der Waals surface area contributed by atoms with E-state index in [1.54, 1.807) is 29.3 Å². The van der Waals surface area contributed by atoms with Gasteiger partial charge in [0.2, 0.25) is 5.91 Å². The van der Waals surface area contributed by atoms with Gasteiger partial charge in [-0.1, -0.05) is 35.2 Å². The molecule has 1 aromatic carbocycles. The SMILES string of the molecule is Cc1ccc(Sc2cnc(Nc3ccccn3)s2)cc1C(=O)N1CCN(CC(=O)N2CCOCC2)CC1. The maximum atomic E-state index is 13.4. The number of hydrogen-bond donors (Lipinski definition) is 1. The highest BCUT2D eigenvalue weighted by molar-refractivity contribution is 8.01. The Balaban J connectivity index is 1.16. The summed E-state index contributed by atoms with van der Waals surface area (Å²) in [6.07, 6.45) is 3.57. The molecule has 2 amide bonds. The van der Waals surface area contributed by atoms with Gasteiger partial charge in [0.25, 0.3) is 5.91 Å². The van der Waals surface area contributed by atoms with Crippen LogP contribution in [-0.2, 0) is 9.53 Å². The predicted molar refractivity (Wildman–Crippen MR) is 145 cm³/mol. The van der Waals surface area contributed by atoms with Crippen LogP contribution in [0.4, 0.5) is 10.9 Å². The number of nitrogens with zero attached hydrogens (tertiary/aromatic N) is 5. The largest absolute Gasteiger partial charge is 0.378 e. The molecule has 0 bridgehead atoms. The van der Waals surface area contributed by atoms with Crippen molar-refractivity contribution in [2.45, 2.75) is 16.0 Å². The van der Waals surface area contributed by atoms with Gasteiger partial charge in [-0.3, -0.25) is 14.5 Å². The smallest absolute Gasteiger partial charge is 0.254 e. The number of thiazole rings is 1. The first-order chi connectivity index (χ1) is 18.0. The van der Waals surface area contributed by atoms with E-state index in [4.69, 9.17) is 4.74 Å². The maximum absolute atomic E-state index is 13.4. The average molecular weight is 539 g/mol. The number of aromatic nitrogens is 2. The van der Waals surface area contributed by atoms with Gasteiger partial charge in [-0.25, -0.2) is 9.97 Å². The molecule has 0 spiro atoms. The number of amides is 2. The number of piperazine rings is 1. The fourth-order valence-electron chi connectivity index (χ4n) is 4.31. The van der Waals surface area contributed by atoms with Crippen LogP contribution in [0.2, 0.25) is 0 Å². The molecular formula is C26H30N6O3S2. The fraction of sp³-hybridized carbons (Fsp3) is 0.385. The molecular weight excluding hydrogens is 508 g/mol. The van der Waals surface area contributed by atoms with Crippen molar-refractivity contribution >= 4 is 45.9 Å². The van der Waals surface area contributed by atoms with Gasteiger partial charge in [-0.2, -0.15) is 0 Å². The van der Waals surface area contributed by atoms with Crippen LogP contribution in [0, 0.1) is 6.92 Å². The number of nitrogens with one attached hydrogen (secondary N) is 1. The second-order valence-electron chi connectivity index (χ2n) is 8.96. The topological polar surface area (TPSA) is 90.9 Å². The van der Waals surface area contributed by atoms with Crippen LogP contribution < -0.4 is 5.32 Å². The molecule has 0 radical (unpaired) electrons. The molecule has 9 nitrogen and oxygen atoms in total. The minimum absolute atomic E-state index is 0.0425. The number of carbonyl (C=O) groups excluding carboxylic acids is 2. The number of ether oxygens (including phenoxy) is 1. The van der Waals surface area contributed by atoms with Crippen molar-refractivity contribution in [1.82, 2.24) is 24.7 Å². The number of morpholine rings is 1. The summed E-state index contributed by atoms with van der Waals surface area (Å²) in [7, 11) is 0. The minimum Gasteiger partial charge on any atom is -0.378 e. The summed E-state index contributed by atoms with van der Waals surface area (Å²) < 4.78 is 6.36. The van der Waals surface area contributed by atoms with Gasteiger partial charge in [-0.05, 0) is 36.8 Å². The molecule has 11 heteroatoms. The summed E-state index contributed by atoms with van der Waals surface area (Å²) in [6, 6.07) is 11.7. The molecule has 4 heterocycles. The number of aryl methyl sites for hydroxylation is 1. The Morgan fingerprint density at radius 2 is 1.84 bits per heavy atom. The summed E-state index contributed by atoms with van der Waals surface area (Å²) in [4.78, 5) is 41.6. The summed E-state index contributed by atoms with van der Waals surface area (Å²) in [6.45, 7) is 7.54. The number of anilines is 2. The van der Waals surface area contributed by atoms with Crippen LogP contribution in [0.1, 0.15) is 15.9 Å². The molecule has 2 aromatic heterocycles. The molecule has 0 aliphatic carbocycles. The quantitative estimate of drug-likeness (QED) is 0.490. The van der Waals surface area contributed by atoms with Crippen molar-refractivity contribution in [3.8, 4) is 0 Å². The Hall–Kier alpha value is -2.99. The first kappa shape index (κ1) is 25.7. The Morgan fingerprint density at radius 3 is 2.59 bits per heavy atom. The van der Waals surface area contributed by atoms with Gasteiger partial charge in [0.1, 0.15) is 5.82 Å². The van der Waals surface area contributed by atoms with Crippen molar-refractivity contribution in [2.75, 3.05) is 64.3 Å². The highest BCUT2D eigenvalue weighted by atomic mass is 32.2. The van der Waals surface area contributed by atoms with Crippen molar-refractivity contribution in [2.24, 2.45) is 0 Å². The molecule has 5 rings (SSSR count). The van der Waals surface area contributed by atoms with E-state index in [0.29, 0.717) is 59.0 Å². The first-order valence-electron chi connectivity index (χ1n) is 12.3. The lowest BCUT2D eigenvalue weighted by Gasteiger charge is -2.36. The summed E-state index contributed by atoms with van der Waals surface area (Å²) >= 11 is 3.14. The zero-order valence-corrected chi connectivity index (χ0v) is 22.4. The van der Waals surface area contributed by atoms with E-state index in [0.717, 1.165) is 31.2 Å². The van der Waals surface area contributed by atoms with Crippen LogP contribution >= 0.6 is 23.1 Å². The van der Waals surface area contributed by atoms with E-state index in [9.17, 15) is 9.59 Å². The summed E-state index contributed by atoms with van der Waals surface area (Å²) in [5, 5.41) is 3.99. The van der Waals surface area contributed by atoms with Gasteiger partial charge in [0.15, 0.2) is 5.13 Å². The van der Waals surface area contributed by atoms with E-state index in [1.165, 1.54) is 0 Å². The molecule has 2 saturated heterocycles. The first-order valence-corrected chi connectivity index (χ1v) is 14.0. The zero-order valence-electron chi connectivity index (χ0n) is 20.8. The highest BCUT2D eigenvalue weighted by Gasteiger charge is 2.26. The number of benzene rings is 1. The molecule has 0 atom stereocenters. The van der Waals surface area contributed by atoms with Gasteiger partial charge < -0.3 is 19.9 Å². The number of carbonyl (C=O) groups is 2. The molecule has 2 aliphatic rings. The molecule has 0 unspecified atom stereocenters. The molecule has 37 heavy (non-hydrogen) atoms. The van der Waals surface area contributed by atoms with Crippen LogP contribution in [-0.4, -0.2) is 95.5 Å². The van der Waals surface area contributed by atoms with Crippen LogP contribution in [0.15, 0.2) is 57.9 Å². The third-order valence-electron chi connectivity index (χ3n) is 6.42. The third kappa shape index (κ3) is 6.67. The average Bonchev–Trinajstić information content (AvgIpc) is 3.37. The van der Waals surface area contributed by atoms with Gasteiger partial charge >= 0.3 is 0 Å². The van der Waals surface area contributed by atoms with Gasteiger partial charge in [0.05, 0.1) is 30.2 Å². The maximum Gasteiger partial charge on any atom is 0.254 e. The number of pyridine rings is 1. The lowest BCUT2D eigenvalue weighted by atomic mass is 10.1. The lowest BCUT2D eigenvalue weighted by Crippen LogP contribution is -2.52. The number of hydrogen-bond acceptors (Lipinski definition) is 9. The second-order valence-corrected chi connectivity index (χ2v) is 11.4. The summed E-state index contributed by atoms with van der Waals surface area (Å²) in [5.74, 6) is 0.938. The lowest BCUT2D eigenvalue weighted by molar-refractivity contribution is -0.136. The highest BCUT2D eigenvalue weighted by Crippen LogP contribution is 2.35. The van der Waals surface area contributed by atoms with E-state index in [1.807, 2.05) is 59.3 Å². The molecule has 1 N–H and O–H groups in total. The fourth-order valence-corrected chi connectivity index (χ4v) is 6.20. The van der Waals surface area contributed by atoms with E-state index in [2.05, 4.69) is 20.2 Å². The third-order valence-corrected chi connectivity index (χ3v) is 8.43. The standard InChI is InChI=1S/C26H30N6O3S2/c1-19-5-6-20(36-24-17-28-26(37-24)29-22-4-2-3-7-27-22)16-21(19)25(34)32-10-8-30(9-11-32)18-23(33)31-12-14-35-15-13-31/h2-7,16-17H,8-15,18H2,1H3,(H,27,28,29). The van der Waals surface area contributed by atoms with Crippen LogP contribution in [0.3, 0.4) is 0 Å². The normalized spacial score (nSPS) is 16.6. The van der Waals surface area contributed by atoms with Crippen molar-refractivity contribution < 1.29 is 14.3 Å². The van der Waals surface area contributed by atoms with Gasteiger partial charge in [0, 0.05) is 55.9 Å². The van der Waals surface area contributed by atoms with Crippen molar-refractivity contribution in [3.63, 3.8) is 0 Å².